The van der Waals surface area contributed by atoms with Gasteiger partial charge in [0.1, 0.15) is 11.9 Å². The van der Waals surface area contributed by atoms with Gasteiger partial charge in [-0.05, 0) is 54.7 Å². The molecule has 1 fully saturated rings. The molecule has 4 nitrogen and oxygen atoms in total. The number of carbonyl (C=O) groups excluding carboxylic acids is 1. The summed E-state index contributed by atoms with van der Waals surface area (Å²) < 4.78 is 60.2. The fourth-order valence-corrected chi connectivity index (χ4v) is 4.45. The van der Waals surface area contributed by atoms with E-state index in [2.05, 4.69) is 10.3 Å². The lowest BCUT2D eigenvalue weighted by atomic mass is 10.0. The van der Waals surface area contributed by atoms with E-state index in [1.807, 2.05) is 6.07 Å². The van der Waals surface area contributed by atoms with Gasteiger partial charge >= 0.3 is 6.18 Å². The summed E-state index contributed by atoms with van der Waals surface area (Å²) in [6, 6.07) is 16.3. The maximum Gasteiger partial charge on any atom is 0.416 e. The van der Waals surface area contributed by atoms with Crippen molar-refractivity contribution in [3.8, 4) is 11.5 Å². The number of pyridine rings is 1. The number of fused-ring (bicyclic) bond motifs is 1. The van der Waals surface area contributed by atoms with E-state index in [9.17, 15) is 18.0 Å². The van der Waals surface area contributed by atoms with Crippen LogP contribution in [0.5, 0.6) is 11.5 Å². The zero-order valence-electron chi connectivity index (χ0n) is 19.4. The molecule has 1 aliphatic carbocycles. The molecule has 1 atom stereocenters. The lowest BCUT2D eigenvalue weighted by Crippen LogP contribution is -2.28. The molecule has 9 heteroatoms. The van der Waals surface area contributed by atoms with Crippen molar-refractivity contribution in [1.82, 2.24) is 10.3 Å². The molecule has 0 spiro atoms. The Bertz CT molecular complexity index is 1470. The third-order valence-corrected chi connectivity index (χ3v) is 6.54. The number of hydrogen-bond acceptors (Lipinski definition) is 3. The molecule has 0 bridgehead atoms. The third kappa shape index (κ3) is 5.54. The Hall–Kier alpha value is -3.65. The summed E-state index contributed by atoms with van der Waals surface area (Å²) in [5.41, 5.74) is 0.954. The highest BCUT2D eigenvalue weighted by Gasteiger charge is 2.31. The first-order valence-corrected chi connectivity index (χ1v) is 12.0. The van der Waals surface area contributed by atoms with Gasteiger partial charge in [0.05, 0.1) is 29.4 Å². The lowest BCUT2D eigenvalue weighted by molar-refractivity contribution is -0.137. The third-order valence-electron chi connectivity index (χ3n) is 6.21. The van der Waals surface area contributed by atoms with Crippen molar-refractivity contribution in [2.45, 2.75) is 31.1 Å². The Morgan fingerprint density at radius 1 is 1.08 bits per heavy atom. The molecule has 0 saturated heterocycles. The van der Waals surface area contributed by atoms with E-state index in [0.717, 1.165) is 30.5 Å². The van der Waals surface area contributed by atoms with Gasteiger partial charge < -0.3 is 10.1 Å². The van der Waals surface area contributed by atoms with E-state index in [1.165, 1.54) is 18.3 Å². The monoisotopic (exact) mass is 528 g/mol. The second-order valence-electron chi connectivity index (χ2n) is 8.88. The predicted molar refractivity (Wildman–Crippen MR) is 133 cm³/mol. The van der Waals surface area contributed by atoms with Gasteiger partial charge in [0.25, 0.3) is 5.91 Å². The maximum atomic E-state index is 15.1. The van der Waals surface area contributed by atoms with E-state index >= 15 is 4.39 Å². The minimum Gasteiger partial charge on any atom is -0.455 e. The molecule has 1 saturated carbocycles. The van der Waals surface area contributed by atoms with Crippen molar-refractivity contribution in [3.05, 3.63) is 100 Å². The molecule has 0 aliphatic heterocycles. The lowest BCUT2D eigenvalue weighted by Gasteiger charge is -2.16. The number of benzene rings is 3. The van der Waals surface area contributed by atoms with Crippen LogP contribution in [-0.4, -0.2) is 17.4 Å². The van der Waals surface area contributed by atoms with Gasteiger partial charge in [0.2, 0.25) is 0 Å². The standard InChI is InChI=1S/C28H21ClF4N2O2/c29-22-12-17(16-8-9-16)10-11-20(22)23(30)14-35-27(36)26-21-6-1-2-7-24(21)34-15-25(26)37-19-5-3-4-18(13-19)28(31,32)33/h1-7,10-13,15-16,23H,8-9,14H2,(H,35,36)/t23-/m0/s1. The Morgan fingerprint density at radius 3 is 2.59 bits per heavy atom. The van der Waals surface area contributed by atoms with Crippen LogP contribution < -0.4 is 10.1 Å². The second-order valence-corrected chi connectivity index (χ2v) is 9.28. The largest absolute Gasteiger partial charge is 0.455 e. The number of ether oxygens (including phenoxy) is 1. The Labute approximate surface area is 215 Å². The number of halogens is 5. The number of rotatable bonds is 7. The molecule has 0 radical (unpaired) electrons. The summed E-state index contributed by atoms with van der Waals surface area (Å²) in [6.45, 7) is -0.360. The van der Waals surface area contributed by atoms with Gasteiger partial charge in [-0.15, -0.1) is 0 Å². The number of alkyl halides is 4. The van der Waals surface area contributed by atoms with Crippen LogP contribution in [0.4, 0.5) is 17.6 Å². The van der Waals surface area contributed by atoms with Crippen LogP contribution in [-0.2, 0) is 6.18 Å². The normalized spacial score (nSPS) is 14.4. The van der Waals surface area contributed by atoms with Gasteiger partial charge in [-0.2, -0.15) is 13.2 Å². The van der Waals surface area contributed by atoms with Crippen molar-refractivity contribution >= 4 is 28.4 Å². The van der Waals surface area contributed by atoms with E-state index in [4.69, 9.17) is 16.3 Å². The summed E-state index contributed by atoms with van der Waals surface area (Å²) in [5.74, 6) is -0.363. The summed E-state index contributed by atoms with van der Waals surface area (Å²) in [5, 5.41) is 3.28. The van der Waals surface area contributed by atoms with Crippen LogP contribution in [0.15, 0.2) is 72.9 Å². The van der Waals surface area contributed by atoms with Crippen molar-refractivity contribution < 1.29 is 27.1 Å². The van der Waals surface area contributed by atoms with Crippen LogP contribution in [0, 0.1) is 0 Å². The summed E-state index contributed by atoms with van der Waals surface area (Å²) in [6.07, 6.45) is -2.68. The van der Waals surface area contributed by atoms with Crippen molar-refractivity contribution in [1.29, 1.82) is 0 Å². The Morgan fingerprint density at radius 2 is 1.86 bits per heavy atom. The van der Waals surface area contributed by atoms with Gasteiger partial charge in [0.15, 0.2) is 5.75 Å². The number of carbonyl (C=O) groups is 1. The van der Waals surface area contributed by atoms with Crippen LogP contribution in [0.3, 0.4) is 0 Å². The smallest absolute Gasteiger partial charge is 0.416 e. The molecule has 1 aliphatic rings. The predicted octanol–water partition coefficient (Wildman–Crippen LogP) is 8.02. The molecule has 1 heterocycles. The SMILES string of the molecule is O=C(NC[C@H](F)c1ccc(C2CC2)cc1Cl)c1c(Oc2cccc(C(F)(F)F)c2)cnc2ccccc12. The maximum absolute atomic E-state index is 15.1. The van der Waals surface area contributed by atoms with Crippen molar-refractivity contribution in [2.75, 3.05) is 6.54 Å². The minimum absolute atomic E-state index is 0.0328. The Balaban J connectivity index is 1.40. The number of hydrogen-bond donors (Lipinski definition) is 1. The summed E-state index contributed by atoms with van der Waals surface area (Å²) >= 11 is 6.31. The molecule has 1 amide bonds. The molecule has 1 N–H and O–H groups in total. The highest BCUT2D eigenvalue weighted by atomic mass is 35.5. The van der Waals surface area contributed by atoms with Gasteiger partial charge in [-0.3, -0.25) is 9.78 Å². The molecule has 1 aromatic heterocycles. The zero-order valence-corrected chi connectivity index (χ0v) is 20.1. The minimum atomic E-state index is -4.56. The fraction of sp³-hybridized carbons (Fsp3) is 0.214. The van der Waals surface area contributed by atoms with Crippen molar-refractivity contribution in [3.63, 3.8) is 0 Å². The first-order valence-electron chi connectivity index (χ1n) is 11.6. The fourth-order valence-electron chi connectivity index (χ4n) is 4.15. The highest BCUT2D eigenvalue weighted by molar-refractivity contribution is 6.31. The number of amides is 1. The summed E-state index contributed by atoms with van der Waals surface area (Å²) in [7, 11) is 0. The average Bonchev–Trinajstić information content (AvgIpc) is 3.72. The molecular formula is C28H21ClF4N2O2. The Kier molecular flexibility index (Phi) is 6.77. The second kappa shape index (κ2) is 10.0. The first kappa shape index (κ1) is 25.0. The molecular weight excluding hydrogens is 508 g/mol. The van der Waals surface area contributed by atoms with E-state index < -0.39 is 23.8 Å². The number of nitrogens with zero attached hydrogens (tertiary/aromatic N) is 1. The van der Waals surface area contributed by atoms with Crippen LogP contribution >= 0.6 is 11.6 Å². The van der Waals surface area contributed by atoms with Gasteiger partial charge in [0, 0.05) is 16.0 Å². The molecule has 4 aromatic rings. The quantitative estimate of drug-likeness (QED) is 0.247. The number of nitrogens with one attached hydrogen (secondary N) is 1. The summed E-state index contributed by atoms with van der Waals surface area (Å²) in [4.78, 5) is 17.5. The van der Waals surface area contributed by atoms with Crippen LogP contribution in [0.25, 0.3) is 10.9 Å². The highest BCUT2D eigenvalue weighted by Crippen LogP contribution is 2.42. The van der Waals surface area contributed by atoms with Crippen LogP contribution in [0.2, 0.25) is 5.02 Å². The van der Waals surface area contributed by atoms with E-state index in [0.29, 0.717) is 21.8 Å². The molecule has 37 heavy (non-hydrogen) atoms. The average molecular weight is 529 g/mol. The van der Waals surface area contributed by atoms with E-state index in [1.54, 1.807) is 36.4 Å². The van der Waals surface area contributed by atoms with Gasteiger partial charge in [-0.25, -0.2) is 4.39 Å². The van der Waals surface area contributed by atoms with E-state index in [-0.39, 0.29) is 29.2 Å². The molecule has 5 rings (SSSR count). The van der Waals surface area contributed by atoms with Gasteiger partial charge in [-0.1, -0.05) is 48.0 Å². The molecule has 190 valence electrons. The zero-order chi connectivity index (χ0) is 26.2. The number of aromatic nitrogens is 1. The molecule has 0 unspecified atom stereocenters. The topological polar surface area (TPSA) is 51.2 Å². The van der Waals surface area contributed by atoms with Crippen LogP contribution in [0.1, 0.15) is 52.0 Å². The molecule has 3 aromatic carbocycles. The first-order chi connectivity index (χ1) is 17.7. The van der Waals surface area contributed by atoms with Crippen molar-refractivity contribution in [2.24, 2.45) is 0 Å². The number of para-hydroxylation sites is 1.